The lowest BCUT2D eigenvalue weighted by molar-refractivity contribution is -0.203. The molecule has 0 saturated carbocycles. The average molecular weight is 551 g/mol. The van der Waals surface area contributed by atoms with E-state index in [-0.39, 0.29) is 5.92 Å². The summed E-state index contributed by atoms with van der Waals surface area (Å²) in [5.41, 5.74) is 6.85. The molecule has 1 heterocycles. The maximum absolute atomic E-state index is 13.9. The monoisotopic (exact) mass is 550 g/mol. The number of hydrogen-bond acceptors (Lipinski definition) is 5. The lowest BCUT2D eigenvalue weighted by Crippen LogP contribution is -2.54. The molecule has 4 amide bonds. The number of hydrazine groups is 1. The van der Waals surface area contributed by atoms with Crippen molar-refractivity contribution in [2.75, 3.05) is 18.2 Å². The third-order valence-electron chi connectivity index (χ3n) is 6.58. The second-order valence-electron chi connectivity index (χ2n) is 10.3. The first-order valence-corrected chi connectivity index (χ1v) is 14.1. The van der Waals surface area contributed by atoms with Crippen LogP contribution in [-0.4, -0.2) is 37.3 Å². The molecular weight excluding hydrogens is 508 g/mol. The molecular formula is C31H42N4O5. The summed E-state index contributed by atoms with van der Waals surface area (Å²) in [7, 11) is 0. The number of allylic oxidation sites excluding steroid dienone is 1. The van der Waals surface area contributed by atoms with Gasteiger partial charge in [-0.25, -0.2) is 20.1 Å². The van der Waals surface area contributed by atoms with Crippen LogP contribution in [0.25, 0.3) is 6.08 Å². The Morgan fingerprint density at radius 2 is 1.70 bits per heavy atom. The first kappa shape index (κ1) is 30.8. The van der Waals surface area contributed by atoms with Crippen LogP contribution in [0.2, 0.25) is 0 Å². The number of hydrogen-bond donors (Lipinski definition) is 3. The maximum Gasteiger partial charge on any atom is 0.340 e. The number of carbonyl (C=O) groups excluding carboxylic acids is 3. The van der Waals surface area contributed by atoms with Crippen LogP contribution in [0.3, 0.4) is 0 Å². The summed E-state index contributed by atoms with van der Waals surface area (Å²) in [5, 5.41) is 3.93. The summed E-state index contributed by atoms with van der Waals surface area (Å²) >= 11 is 0. The zero-order valence-electron chi connectivity index (χ0n) is 23.7. The van der Waals surface area contributed by atoms with E-state index in [4.69, 9.17) is 9.57 Å². The number of urea groups is 1. The molecule has 0 aliphatic carbocycles. The third kappa shape index (κ3) is 9.81. The molecule has 2 aromatic rings. The fourth-order valence-corrected chi connectivity index (χ4v) is 4.57. The topological polar surface area (TPSA) is 109 Å². The third-order valence-corrected chi connectivity index (χ3v) is 6.58. The molecule has 2 aromatic carbocycles. The molecule has 3 atom stereocenters. The molecule has 1 saturated heterocycles. The molecule has 3 rings (SSSR count). The molecule has 1 fully saturated rings. The number of nitrogens with zero attached hydrogens (tertiary/aromatic N) is 1. The van der Waals surface area contributed by atoms with Gasteiger partial charge in [0.1, 0.15) is 0 Å². The van der Waals surface area contributed by atoms with E-state index in [1.807, 2.05) is 62.4 Å². The lowest BCUT2D eigenvalue weighted by Gasteiger charge is -2.30. The molecule has 0 spiro atoms. The van der Waals surface area contributed by atoms with Crippen molar-refractivity contribution in [3.05, 3.63) is 72.3 Å². The predicted molar refractivity (Wildman–Crippen MR) is 155 cm³/mol. The highest BCUT2D eigenvalue weighted by molar-refractivity contribution is 5.96. The summed E-state index contributed by atoms with van der Waals surface area (Å²) < 4.78 is 5.59. The first-order chi connectivity index (χ1) is 19.4. The van der Waals surface area contributed by atoms with Gasteiger partial charge >= 0.3 is 6.03 Å². The van der Waals surface area contributed by atoms with Gasteiger partial charge in [-0.3, -0.25) is 15.0 Å². The SMILES string of the molecule is CCNC(=O)N(NC(=O)[C@H](CC(C)C)[C@H](CC=Cc1ccccc1)C(=O)NOC1CCCCO1)c1ccccc1. The number of anilines is 1. The van der Waals surface area contributed by atoms with E-state index in [1.165, 1.54) is 5.01 Å². The fraction of sp³-hybridized carbons (Fsp3) is 0.452. The van der Waals surface area contributed by atoms with Crippen LogP contribution >= 0.6 is 0 Å². The standard InChI is InChI=1S/C31H42N4O5/c1-4-32-31(38)35(25-17-9-6-10-18-25)33-29(36)27(22-23(2)3)26(19-13-16-24-14-7-5-8-15-24)30(37)34-40-28-20-11-12-21-39-28/h5-10,13-18,23,26-28H,4,11-12,19-22H2,1-3H3,(H,32,38)(H,33,36)(H,34,37)/t26-,27+,28?/m0/s1. The van der Waals surface area contributed by atoms with Gasteiger partial charge in [-0.15, -0.1) is 0 Å². The Balaban J connectivity index is 1.85. The van der Waals surface area contributed by atoms with E-state index in [2.05, 4.69) is 16.2 Å². The number of nitrogens with one attached hydrogen (secondary N) is 3. The number of rotatable bonds is 12. The largest absolute Gasteiger partial charge is 0.350 e. The second-order valence-corrected chi connectivity index (χ2v) is 10.3. The Bertz CT molecular complexity index is 1090. The molecule has 3 N–H and O–H groups in total. The average Bonchev–Trinajstić information content (AvgIpc) is 2.97. The number of para-hydroxylation sites is 1. The van der Waals surface area contributed by atoms with Gasteiger partial charge in [-0.05, 0) is 56.2 Å². The predicted octanol–water partition coefficient (Wildman–Crippen LogP) is 5.21. The van der Waals surface area contributed by atoms with Crippen molar-refractivity contribution in [1.82, 2.24) is 16.2 Å². The van der Waals surface area contributed by atoms with E-state index in [0.29, 0.717) is 38.1 Å². The minimum Gasteiger partial charge on any atom is -0.350 e. The van der Waals surface area contributed by atoms with Crippen molar-refractivity contribution in [1.29, 1.82) is 0 Å². The lowest BCUT2D eigenvalue weighted by atomic mass is 9.82. The summed E-state index contributed by atoms with van der Waals surface area (Å²) in [6, 6.07) is 18.2. The second kappa shape index (κ2) is 16.4. The van der Waals surface area contributed by atoms with Crippen molar-refractivity contribution in [2.24, 2.45) is 17.8 Å². The number of carbonyl (C=O) groups is 3. The van der Waals surface area contributed by atoms with E-state index >= 15 is 0 Å². The van der Waals surface area contributed by atoms with E-state index in [1.54, 1.807) is 31.2 Å². The van der Waals surface area contributed by atoms with Gasteiger partial charge in [0.15, 0.2) is 6.29 Å². The molecule has 1 aliphatic rings. The Hall–Kier alpha value is -3.69. The summed E-state index contributed by atoms with van der Waals surface area (Å²) in [4.78, 5) is 45.9. The van der Waals surface area contributed by atoms with Crippen LogP contribution in [0.15, 0.2) is 66.7 Å². The zero-order chi connectivity index (χ0) is 28.7. The van der Waals surface area contributed by atoms with Crippen molar-refractivity contribution < 1.29 is 24.0 Å². The van der Waals surface area contributed by atoms with Crippen LogP contribution in [0.4, 0.5) is 10.5 Å². The minimum absolute atomic E-state index is 0.112. The summed E-state index contributed by atoms with van der Waals surface area (Å²) in [6.07, 6.45) is 6.65. The van der Waals surface area contributed by atoms with Crippen LogP contribution in [0.5, 0.6) is 0 Å². The molecule has 1 aliphatic heterocycles. The molecule has 9 heteroatoms. The highest BCUT2D eigenvalue weighted by Gasteiger charge is 2.36. The molecule has 0 aromatic heterocycles. The van der Waals surface area contributed by atoms with Gasteiger partial charge in [0.05, 0.1) is 17.5 Å². The van der Waals surface area contributed by atoms with Crippen molar-refractivity contribution in [2.45, 2.75) is 59.2 Å². The van der Waals surface area contributed by atoms with Crippen LogP contribution < -0.4 is 21.2 Å². The maximum atomic E-state index is 13.9. The highest BCUT2D eigenvalue weighted by Crippen LogP contribution is 2.27. The van der Waals surface area contributed by atoms with Gasteiger partial charge in [-0.2, -0.15) is 0 Å². The number of amides is 4. The normalized spacial score (nSPS) is 16.8. The van der Waals surface area contributed by atoms with Crippen molar-refractivity contribution in [3.8, 4) is 0 Å². The van der Waals surface area contributed by atoms with Gasteiger partial charge in [0, 0.05) is 19.6 Å². The van der Waals surface area contributed by atoms with Gasteiger partial charge < -0.3 is 10.1 Å². The number of ether oxygens (including phenoxy) is 1. The summed E-state index contributed by atoms with van der Waals surface area (Å²) in [5.74, 6) is -2.21. The fourth-order valence-electron chi connectivity index (χ4n) is 4.57. The highest BCUT2D eigenvalue weighted by atomic mass is 16.8. The molecule has 0 bridgehead atoms. The van der Waals surface area contributed by atoms with Crippen LogP contribution in [-0.2, 0) is 19.2 Å². The van der Waals surface area contributed by atoms with E-state index < -0.39 is 36.0 Å². The Morgan fingerprint density at radius 1 is 1.00 bits per heavy atom. The van der Waals surface area contributed by atoms with Crippen molar-refractivity contribution in [3.63, 3.8) is 0 Å². The number of hydroxylamine groups is 1. The van der Waals surface area contributed by atoms with Gasteiger partial charge in [0.2, 0.25) is 11.8 Å². The zero-order valence-corrected chi connectivity index (χ0v) is 23.7. The Morgan fingerprint density at radius 3 is 2.33 bits per heavy atom. The van der Waals surface area contributed by atoms with E-state index in [9.17, 15) is 14.4 Å². The Labute approximate surface area is 237 Å². The van der Waals surface area contributed by atoms with Crippen molar-refractivity contribution >= 4 is 29.6 Å². The van der Waals surface area contributed by atoms with Crippen LogP contribution in [0, 0.1) is 17.8 Å². The van der Waals surface area contributed by atoms with Gasteiger partial charge in [-0.1, -0.05) is 74.5 Å². The van der Waals surface area contributed by atoms with Gasteiger partial charge in [0.25, 0.3) is 0 Å². The Kier molecular flexibility index (Phi) is 12.7. The molecule has 1 unspecified atom stereocenters. The minimum atomic E-state index is -0.752. The summed E-state index contributed by atoms with van der Waals surface area (Å²) in [6.45, 7) is 6.78. The number of benzene rings is 2. The van der Waals surface area contributed by atoms with Crippen LogP contribution in [0.1, 0.15) is 58.4 Å². The quantitative estimate of drug-likeness (QED) is 0.315. The molecule has 40 heavy (non-hydrogen) atoms. The first-order valence-electron chi connectivity index (χ1n) is 14.1. The molecule has 9 nitrogen and oxygen atoms in total. The van der Waals surface area contributed by atoms with E-state index in [0.717, 1.165) is 18.4 Å². The molecule has 0 radical (unpaired) electrons. The molecule has 216 valence electrons. The smallest absolute Gasteiger partial charge is 0.340 e.